The number of nitrogens with zero attached hydrogens (tertiary/aromatic N) is 1. The highest BCUT2D eigenvalue weighted by Crippen LogP contribution is 2.65. The van der Waals surface area contributed by atoms with Crippen LogP contribution in [0.2, 0.25) is 0 Å². The third kappa shape index (κ3) is 7.02. The number of nitrogens with one attached hydrogen (secondary N) is 2. The van der Waals surface area contributed by atoms with Crippen LogP contribution in [0, 0.1) is 22.7 Å². The molecule has 2 fully saturated rings. The standard InChI is InChI=1S/C27H45N3O7/c1-11-12-13-16(19(31)23(34)36-10)28-21(32)18-17-15(27(17,8)9)14-30(18)22(33)20(25(2,3)4)29-24(35)37-26(5,6)7/h15-18,20H,11-14H2,1-10H3,(H,28,32)(H,29,35)/t15-,16?,17-,18-,20+/m0/s1. The molecule has 2 rings (SSSR count). The van der Waals surface area contributed by atoms with Gasteiger partial charge in [0.2, 0.25) is 11.8 Å². The fourth-order valence-corrected chi connectivity index (χ4v) is 5.23. The number of esters is 1. The predicted octanol–water partition coefficient (Wildman–Crippen LogP) is 2.83. The maximum absolute atomic E-state index is 13.9. The first-order valence-corrected chi connectivity index (χ1v) is 13.1. The van der Waals surface area contributed by atoms with Gasteiger partial charge in [0.05, 0.1) is 13.2 Å². The van der Waals surface area contributed by atoms with E-state index in [9.17, 15) is 24.0 Å². The number of unbranched alkanes of at least 4 members (excludes halogenated alkanes) is 1. The van der Waals surface area contributed by atoms with Gasteiger partial charge in [0.25, 0.3) is 5.78 Å². The summed E-state index contributed by atoms with van der Waals surface area (Å²) >= 11 is 0. The molecule has 210 valence electrons. The van der Waals surface area contributed by atoms with Crippen LogP contribution in [0.4, 0.5) is 4.79 Å². The van der Waals surface area contributed by atoms with Gasteiger partial charge in [-0.1, -0.05) is 54.4 Å². The molecule has 2 aliphatic rings. The average Bonchev–Trinajstić information content (AvgIpc) is 3.10. The molecule has 0 aromatic rings. The normalized spacial score (nSPS) is 23.8. The van der Waals surface area contributed by atoms with E-state index in [0.29, 0.717) is 19.4 Å². The van der Waals surface area contributed by atoms with E-state index >= 15 is 0 Å². The van der Waals surface area contributed by atoms with Gasteiger partial charge in [-0.3, -0.25) is 14.4 Å². The molecule has 10 heteroatoms. The van der Waals surface area contributed by atoms with Gasteiger partial charge in [-0.05, 0) is 49.9 Å². The molecular formula is C27H45N3O7. The minimum atomic E-state index is -1.03. The number of carbonyl (C=O) groups excluding carboxylic acids is 5. The Morgan fingerprint density at radius 1 is 1.03 bits per heavy atom. The number of likely N-dealkylation sites (tertiary alicyclic amines) is 1. The molecule has 0 spiro atoms. The molecule has 1 aliphatic carbocycles. The van der Waals surface area contributed by atoms with Gasteiger partial charge < -0.3 is 25.0 Å². The van der Waals surface area contributed by atoms with Crippen molar-refractivity contribution in [3.05, 3.63) is 0 Å². The van der Waals surface area contributed by atoms with Crippen molar-refractivity contribution in [1.29, 1.82) is 0 Å². The van der Waals surface area contributed by atoms with Crippen molar-refractivity contribution < 1.29 is 33.4 Å². The Hall–Kier alpha value is -2.65. The average molecular weight is 524 g/mol. The third-order valence-corrected chi connectivity index (χ3v) is 7.40. The quantitative estimate of drug-likeness (QED) is 0.351. The summed E-state index contributed by atoms with van der Waals surface area (Å²) < 4.78 is 9.97. The van der Waals surface area contributed by atoms with Crippen LogP contribution in [0.1, 0.15) is 81.6 Å². The van der Waals surface area contributed by atoms with Crippen LogP contribution in [-0.4, -0.2) is 71.9 Å². The first-order chi connectivity index (χ1) is 16.9. The Bertz CT molecular complexity index is 916. The van der Waals surface area contributed by atoms with E-state index in [0.717, 1.165) is 13.5 Å². The summed E-state index contributed by atoms with van der Waals surface area (Å²) in [4.78, 5) is 66.1. The van der Waals surface area contributed by atoms with E-state index in [2.05, 4.69) is 29.2 Å². The zero-order chi connectivity index (χ0) is 28.5. The molecule has 5 atom stereocenters. The van der Waals surface area contributed by atoms with Crippen LogP contribution in [0.5, 0.6) is 0 Å². The van der Waals surface area contributed by atoms with Gasteiger partial charge in [0.15, 0.2) is 0 Å². The number of Topliss-reactive ketones (excluding diaryl/α,β-unsaturated/α-hetero) is 1. The Kier molecular flexibility index (Phi) is 9.08. The van der Waals surface area contributed by atoms with Crippen molar-refractivity contribution in [2.24, 2.45) is 22.7 Å². The fraction of sp³-hybridized carbons (Fsp3) is 0.815. The highest BCUT2D eigenvalue weighted by molar-refractivity contribution is 6.36. The molecule has 10 nitrogen and oxygen atoms in total. The fourth-order valence-electron chi connectivity index (χ4n) is 5.23. The van der Waals surface area contributed by atoms with Crippen LogP contribution in [0.3, 0.4) is 0 Å². The largest absolute Gasteiger partial charge is 0.463 e. The number of rotatable bonds is 9. The van der Waals surface area contributed by atoms with E-state index in [-0.39, 0.29) is 23.2 Å². The number of hydrogen-bond donors (Lipinski definition) is 2. The summed E-state index contributed by atoms with van der Waals surface area (Å²) in [6.45, 7) is 17.1. The van der Waals surface area contributed by atoms with Crippen molar-refractivity contribution in [3.63, 3.8) is 0 Å². The SMILES string of the molecule is CCCCC(NC(=O)[C@@H]1[C@@H]2[C@H](CN1C(=O)[C@@H](NC(=O)OC(C)(C)C)C(C)(C)C)C2(C)C)C(=O)C(=O)OC. The molecule has 1 unspecified atom stereocenters. The molecule has 1 heterocycles. The van der Waals surface area contributed by atoms with Crippen LogP contribution < -0.4 is 10.6 Å². The zero-order valence-electron chi connectivity index (χ0n) is 24.0. The molecular weight excluding hydrogens is 478 g/mol. The lowest BCUT2D eigenvalue weighted by Crippen LogP contribution is -2.60. The van der Waals surface area contributed by atoms with Crippen LogP contribution >= 0.6 is 0 Å². The van der Waals surface area contributed by atoms with Crippen LogP contribution in [0.25, 0.3) is 0 Å². The van der Waals surface area contributed by atoms with E-state index in [4.69, 9.17) is 4.74 Å². The smallest absolute Gasteiger partial charge is 0.408 e. The molecule has 0 bridgehead atoms. The summed E-state index contributed by atoms with van der Waals surface area (Å²) in [5.41, 5.74) is -1.56. The van der Waals surface area contributed by atoms with Gasteiger partial charge in [0, 0.05) is 6.54 Å². The first-order valence-electron chi connectivity index (χ1n) is 13.1. The second-order valence-corrected chi connectivity index (χ2v) is 12.9. The van der Waals surface area contributed by atoms with Gasteiger partial charge in [-0.15, -0.1) is 0 Å². The minimum absolute atomic E-state index is 0.0985. The summed E-state index contributed by atoms with van der Waals surface area (Å²) in [7, 11) is 1.12. The molecule has 1 saturated carbocycles. The highest BCUT2D eigenvalue weighted by atomic mass is 16.6. The topological polar surface area (TPSA) is 131 Å². The number of methoxy groups -OCH3 is 1. The van der Waals surface area contributed by atoms with Gasteiger partial charge in [-0.2, -0.15) is 0 Å². The predicted molar refractivity (Wildman–Crippen MR) is 137 cm³/mol. The maximum Gasteiger partial charge on any atom is 0.408 e. The molecule has 0 aromatic carbocycles. The van der Waals surface area contributed by atoms with Crippen molar-refractivity contribution >= 4 is 29.7 Å². The molecule has 2 N–H and O–H groups in total. The van der Waals surface area contributed by atoms with Gasteiger partial charge >= 0.3 is 12.1 Å². The lowest BCUT2D eigenvalue weighted by atomic mass is 9.85. The number of alkyl carbamates (subject to hydrolysis) is 1. The molecule has 0 aromatic heterocycles. The second kappa shape index (κ2) is 11.0. The number of ether oxygens (including phenoxy) is 2. The van der Waals surface area contributed by atoms with Crippen LogP contribution in [0.15, 0.2) is 0 Å². The second-order valence-electron chi connectivity index (χ2n) is 12.9. The maximum atomic E-state index is 13.9. The Morgan fingerprint density at radius 3 is 2.11 bits per heavy atom. The first kappa shape index (κ1) is 30.6. The lowest BCUT2D eigenvalue weighted by molar-refractivity contribution is -0.153. The Balaban J connectivity index is 2.32. The van der Waals surface area contributed by atoms with E-state index in [1.54, 1.807) is 20.8 Å². The summed E-state index contributed by atoms with van der Waals surface area (Å²) in [6, 6.07) is -2.80. The third-order valence-electron chi connectivity index (χ3n) is 7.40. The molecule has 37 heavy (non-hydrogen) atoms. The lowest BCUT2D eigenvalue weighted by Gasteiger charge is -2.38. The van der Waals surface area contributed by atoms with Crippen molar-refractivity contribution in [1.82, 2.24) is 15.5 Å². The van der Waals surface area contributed by atoms with Crippen molar-refractivity contribution in [3.8, 4) is 0 Å². The zero-order valence-corrected chi connectivity index (χ0v) is 24.0. The van der Waals surface area contributed by atoms with Crippen molar-refractivity contribution in [2.75, 3.05) is 13.7 Å². The summed E-state index contributed by atoms with van der Waals surface area (Å²) in [6.07, 6.45) is 0.981. The highest BCUT2D eigenvalue weighted by Gasteiger charge is 2.70. The summed E-state index contributed by atoms with van der Waals surface area (Å²) in [5.74, 6) is -2.68. The van der Waals surface area contributed by atoms with E-state index in [1.807, 2.05) is 27.7 Å². The van der Waals surface area contributed by atoms with Crippen molar-refractivity contribution in [2.45, 2.75) is 105 Å². The number of carbonyl (C=O) groups is 5. The van der Waals surface area contributed by atoms with Gasteiger partial charge in [-0.25, -0.2) is 9.59 Å². The molecule has 1 aliphatic heterocycles. The summed E-state index contributed by atoms with van der Waals surface area (Å²) in [5, 5.41) is 5.45. The minimum Gasteiger partial charge on any atom is -0.463 e. The number of piperidine rings is 1. The molecule has 0 radical (unpaired) electrons. The number of fused-ring (bicyclic) bond motifs is 1. The van der Waals surface area contributed by atoms with E-state index < -0.39 is 52.9 Å². The number of hydrogen-bond acceptors (Lipinski definition) is 7. The monoisotopic (exact) mass is 523 g/mol. The molecule has 1 saturated heterocycles. The number of amides is 3. The van der Waals surface area contributed by atoms with Crippen LogP contribution in [-0.2, 0) is 28.7 Å². The van der Waals surface area contributed by atoms with Gasteiger partial charge in [0.1, 0.15) is 17.7 Å². The Morgan fingerprint density at radius 2 is 1.62 bits per heavy atom. The Labute approximate surface area is 220 Å². The van der Waals surface area contributed by atoms with E-state index in [1.165, 1.54) is 4.90 Å². The molecule has 3 amide bonds. The number of ketones is 1.